The lowest BCUT2D eigenvalue weighted by atomic mass is 10.0. The van der Waals surface area contributed by atoms with Crippen molar-refractivity contribution in [2.45, 2.75) is 32.5 Å². The van der Waals surface area contributed by atoms with E-state index in [2.05, 4.69) is 17.6 Å². The maximum atomic E-state index is 12.5. The lowest BCUT2D eigenvalue weighted by Crippen LogP contribution is -2.37. The summed E-state index contributed by atoms with van der Waals surface area (Å²) in [5.74, 6) is 1.57. The number of anilines is 2. The first kappa shape index (κ1) is 23.4. The molecule has 3 aromatic carbocycles. The predicted octanol–water partition coefficient (Wildman–Crippen LogP) is 6.28. The molecule has 6 heteroatoms. The van der Waals surface area contributed by atoms with E-state index in [0.29, 0.717) is 18.9 Å². The van der Waals surface area contributed by atoms with Crippen molar-refractivity contribution < 1.29 is 19.0 Å². The van der Waals surface area contributed by atoms with Gasteiger partial charge in [0.2, 0.25) is 0 Å². The fourth-order valence-corrected chi connectivity index (χ4v) is 3.81. The molecule has 0 spiro atoms. The Kier molecular flexibility index (Phi) is 7.18. The molecule has 6 nitrogen and oxygen atoms in total. The number of hydrogen-bond acceptors (Lipinski definition) is 4. The van der Waals surface area contributed by atoms with Gasteiger partial charge in [-0.25, -0.2) is 4.79 Å². The number of hydrogen-bond donors (Lipinski definition) is 2. The minimum atomic E-state index is -0.574. The van der Waals surface area contributed by atoms with Crippen molar-refractivity contribution in [1.82, 2.24) is 0 Å². The van der Waals surface area contributed by atoms with E-state index >= 15 is 0 Å². The van der Waals surface area contributed by atoms with Crippen molar-refractivity contribution in [3.63, 3.8) is 0 Å². The van der Waals surface area contributed by atoms with Crippen LogP contribution in [0.3, 0.4) is 0 Å². The third kappa shape index (κ3) is 5.77. The van der Waals surface area contributed by atoms with Crippen molar-refractivity contribution in [3.8, 4) is 11.5 Å². The Bertz CT molecular complexity index is 1170. The first-order valence-electron chi connectivity index (χ1n) is 11.4. The van der Waals surface area contributed by atoms with Gasteiger partial charge in [-0.3, -0.25) is 0 Å². The number of carbonyl (C=O) groups is 1. The third-order valence-electron chi connectivity index (χ3n) is 5.69. The standard InChI is InChI=1S/C28H30N2O4/c1-4-21-7-5-6-8-25(21)30-27(31)29-23-11-14-26-22(17-23)15-16-28(2,34-26)19-33-18-20-9-12-24(32-3)13-10-20/h5-17H,4,18-19H2,1-3H3,(H2,29,30,31). The van der Waals surface area contributed by atoms with E-state index in [1.54, 1.807) is 7.11 Å². The zero-order chi connectivity index (χ0) is 24.0. The summed E-state index contributed by atoms with van der Waals surface area (Å²) in [5, 5.41) is 5.82. The van der Waals surface area contributed by atoms with Crippen LogP contribution in [-0.4, -0.2) is 25.3 Å². The topological polar surface area (TPSA) is 68.8 Å². The van der Waals surface area contributed by atoms with E-state index in [4.69, 9.17) is 14.2 Å². The summed E-state index contributed by atoms with van der Waals surface area (Å²) in [7, 11) is 1.65. The van der Waals surface area contributed by atoms with Crippen molar-refractivity contribution in [2.75, 3.05) is 24.4 Å². The molecule has 1 atom stereocenters. The quantitative estimate of drug-likeness (QED) is 0.417. The molecule has 4 rings (SSSR count). The normalized spacial score (nSPS) is 16.3. The number of ether oxygens (including phenoxy) is 3. The molecule has 0 radical (unpaired) electrons. The summed E-state index contributed by atoms with van der Waals surface area (Å²) >= 11 is 0. The van der Waals surface area contributed by atoms with Gasteiger partial charge >= 0.3 is 6.03 Å². The van der Waals surface area contributed by atoms with Crippen LogP contribution in [0.1, 0.15) is 30.5 Å². The van der Waals surface area contributed by atoms with Gasteiger partial charge in [0.15, 0.2) is 0 Å². The van der Waals surface area contributed by atoms with Crippen LogP contribution in [0, 0.1) is 0 Å². The molecule has 34 heavy (non-hydrogen) atoms. The van der Waals surface area contributed by atoms with Crippen LogP contribution in [0.2, 0.25) is 0 Å². The van der Waals surface area contributed by atoms with Gasteiger partial charge in [0.1, 0.15) is 17.1 Å². The van der Waals surface area contributed by atoms with E-state index in [-0.39, 0.29) is 6.03 Å². The molecule has 176 valence electrons. The van der Waals surface area contributed by atoms with Crippen molar-refractivity contribution in [1.29, 1.82) is 0 Å². The average molecular weight is 459 g/mol. The van der Waals surface area contributed by atoms with Gasteiger partial charge in [0.25, 0.3) is 0 Å². The summed E-state index contributed by atoms with van der Waals surface area (Å²) in [4.78, 5) is 12.5. The zero-order valence-corrected chi connectivity index (χ0v) is 19.8. The molecule has 2 N–H and O–H groups in total. The maximum absolute atomic E-state index is 12.5. The van der Waals surface area contributed by atoms with Crippen LogP contribution in [0.4, 0.5) is 16.2 Å². The number of amides is 2. The van der Waals surface area contributed by atoms with Gasteiger partial charge in [-0.05, 0) is 66.9 Å². The molecule has 1 heterocycles. The highest BCUT2D eigenvalue weighted by molar-refractivity contribution is 6.00. The van der Waals surface area contributed by atoms with E-state index in [1.807, 2.05) is 85.8 Å². The predicted molar refractivity (Wildman–Crippen MR) is 136 cm³/mol. The fraction of sp³-hybridized carbons (Fsp3) is 0.250. The average Bonchev–Trinajstić information content (AvgIpc) is 2.85. The molecular weight excluding hydrogens is 428 g/mol. The third-order valence-corrected chi connectivity index (χ3v) is 5.69. The highest BCUT2D eigenvalue weighted by Crippen LogP contribution is 2.33. The first-order valence-corrected chi connectivity index (χ1v) is 11.4. The first-order chi connectivity index (χ1) is 16.5. The number of para-hydroxylation sites is 1. The minimum absolute atomic E-state index is 0.279. The fourth-order valence-electron chi connectivity index (χ4n) is 3.81. The second kappa shape index (κ2) is 10.4. The highest BCUT2D eigenvalue weighted by Gasteiger charge is 2.28. The Morgan fingerprint density at radius 2 is 1.82 bits per heavy atom. The number of urea groups is 1. The van der Waals surface area contributed by atoms with Crippen molar-refractivity contribution in [2.24, 2.45) is 0 Å². The summed E-state index contributed by atoms with van der Waals surface area (Å²) in [5.41, 5.74) is 4.00. The van der Waals surface area contributed by atoms with E-state index < -0.39 is 5.60 Å². The second-order valence-corrected chi connectivity index (χ2v) is 8.43. The molecule has 0 aromatic heterocycles. The van der Waals surface area contributed by atoms with Gasteiger partial charge in [-0.1, -0.05) is 43.3 Å². The Balaban J connectivity index is 1.33. The van der Waals surface area contributed by atoms with Gasteiger partial charge in [0.05, 0.1) is 20.3 Å². The molecule has 1 aliphatic heterocycles. The minimum Gasteiger partial charge on any atom is -0.497 e. The van der Waals surface area contributed by atoms with Crippen LogP contribution >= 0.6 is 0 Å². The van der Waals surface area contributed by atoms with Crippen molar-refractivity contribution >= 4 is 23.5 Å². The monoisotopic (exact) mass is 458 g/mol. The number of methoxy groups -OCH3 is 1. The number of benzene rings is 3. The summed E-state index contributed by atoms with van der Waals surface area (Å²) in [6.07, 6.45) is 4.84. The van der Waals surface area contributed by atoms with Crippen LogP contribution in [0.5, 0.6) is 11.5 Å². The molecule has 0 fully saturated rings. The molecule has 1 aliphatic rings. The number of nitrogens with one attached hydrogen (secondary N) is 2. The molecule has 0 saturated heterocycles. The summed E-state index contributed by atoms with van der Waals surface area (Å²) in [6, 6.07) is 20.9. The Morgan fingerprint density at radius 3 is 2.59 bits per heavy atom. The lowest BCUT2D eigenvalue weighted by Gasteiger charge is -2.31. The summed E-state index contributed by atoms with van der Waals surface area (Å²) in [6.45, 7) is 4.95. The molecular formula is C28H30N2O4. The Hall–Kier alpha value is -3.77. The maximum Gasteiger partial charge on any atom is 0.323 e. The smallest absolute Gasteiger partial charge is 0.323 e. The molecule has 0 aliphatic carbocycles. The van der Waals surface area contributed by atoms with Crippen LogP contribution in [0.15, 0.2) is 72.8 Å². The Labute approximate surface area is 200 Å². The van der Waals surface area contributed by atoms with Gasteiger partial charge in [0, 0.05) is 16.9 Å². The van der Waals surface area contributed by atoms with E-state index in [1.165, 1.54) is 0 Å². The molecule has 3 aromatic rings. The van der Waals surface area contributed by atoms with Crippen LogP contribution in [-0.2, 0) is 17.8 Å². The largest absolute Gasteiger partial charge is 0.497 e. The van der Waals surface area contributed by atoms with Gasteiger partial charge in [-0.2, -0.15) is 0 Å². The number of carbonyl (C=O) groups excluding carboxylic acids is 1. The number of fused-ring (bicyclic) bond motifs is 1. The van der Waals surface area contributed by atoms with Gasteiger partial charge < -0.3 is 24.8 Å². The SMILES string of the molecule is CCc1ccccc1NC(=O)Nc1ccc2c(c1)C=CC(C)(COCc1ccc(OC)cc1)O2. The number of aryl methyl sites for hydroxylation is 1. The highest BCUT2D eigenvalue weighted by atomic mass is 16.5. The van der Waals surface area contributed by atoms with Crippen LogP contribution < -0.4 is 20.1 Å². The lowest BCUT2D eigenvalue weighted by molar-refractivity contribution is 0.00631. The molecule has 0 saturated carbocycles. The Morgan fingerprint density at radius 1 is 1.03 bits per heavy atom. The van der Waals surface area contributed by atoms with Gasteiger partial charge in [-0.15, -0.1) is 0 Å². The second-order valence-electron chi connectivity index (χ2n) is 8.43. The molecule has 2 amide bonds. The van der Waals surface area contributed by atoms with Crippen LogP contribution in [0.25, 0.3) is 6.08 Å². The number of rotatable bonds is 8. The summed E-state index contributed by atoms with van der Waals surface area (Å²) < 4.78 is 17.3. The molecule has 0 bridgehead atoms. The van der Waals surface area contributed by atoms with E-state index in [0.717, 1.165) is 40.3 Å². The molecule has 1 unspecified atom stereocenters. The van der Waals surface area contributed by atoms with E-state index in [9.17, 15) is 4.79 Å². The zero-order valence-electron chi connectivity index (χ0n) is 19.8. The van der Waals surface area contributed by atoms with Crippen molar-refractivity contribution in [3.05, 3.63) is 89.5 Å².